The lowest BCUT2D eigenvalue weighted by Crippen LogP contribution is -2.15. The smallest absolute Gasteiger partial charge is 0.275 e. The summed E-state index contributed by atoms with van der Waals surface area (Å²) in [7, 11) is 0. The SMILES string of the molecule is Cc1cc(Br)cnc1NC(=O)c1ccc(F)cn1. The Hall–Kier alpha value is -1.82. The van der Waals surface area contributed by atoms with Crippen LogP contribution in [0.2, 0.25) is 0 Å². The van der Waals surface area contributed by atoms with E-state index in [4.69, 9.17) is 0 Å². The molecule has 0 saturated carbocycles. The van der Waals surface area contributed by atoms with E-state index in [0.29, 0.717) is 5.82 Å². The van der Waals surface area contributed by atoms with E-state index in [0.717, 1.165) is 16.2 Å². The topological polar surface area (TPSA) is 54.9 Å². The predicted octanol–water partition coefficient (Wildman–Crippen LogP) is 2.94. The summed E-state index contributed by atoms with van der Waals surface area (Å²) < 4.78 is 13.5. The number of nitrogens with one attached hydrogen (secondary N) is 1. The number of rotatable bonds is 2. The molecule has 1 N–H and O–H groups in total. The summed E-state index contributed by atoms with van der Waals surface area (Å²) in [5.41, 5.74) is 0.959. The highest BCUT2D eigenvalue weighted by Gasteiger charge is 2.10. The van der Waals surface area contributed by atoms with Crippen LogP contribution < -0.4 is 5.32 Å². The number of halogens is 2. The minimum Gasteiger partial charge on any atom is -0.305 e. The third kappa shape index (κ3) is 2.89. The second-order valence-corrected chi connectivity index (χ2v) is 4.55. The number of pyridine rings is 2. The van der Waals surface area contributed by atoms with Crippen molar-refractivity contribution in [2.24, 2.45) is 0 Å². The van der Waals surface area contributed by atoms with E-state index in [9.17, 15) is 9.18 Å². The Morgan fingerprint density at radius 2 is 2.11 bits per heavy atom. The minimum absolute atomic E-state index is 0.139. The van der Waals surface area contributed by atoms with E-state index in [-0.39, 0.29) is 5.69 Å². The molecule has 2 aromatic heterocycles. The van der Waals surface area contributed by atoms with Gasteiger partial charge in [-0.25, -0.2) is 14.4 Å². The van der Waals surface area contributed by atoms with Crippen molar-refractivity contribution in [3.05, 3.63) is 52.1 Å². The molecular formula is C12H9BrFN3O. The maximum atomic E-state index is 12.7. The molecule has 1 amide bonds. The standard InChI is InChI=1S/C12H9BrFN3O/c1-7-4-8(13)5-16-11(7)17-12(18)10-3-2-9(14)6-15-10/h2-6H,1H3,(H,16,17,18). The fourth-order valence-corrected chi connectivity index (χ4v) is 1.80. The van der Waals surface area contributed by atoms with Gasteiger partial charge in [0.25, 0.3) is 5.91 Å². The van der Waals surface area contributed by atoms with Gasteiger partial charge in [-0.1, -0.05) is 0 Å². The summed E-state index contributed by atoms with van der Waals surface area (Å²) >= 11 is 3.29. The molecule has 2 heterocycles. The van der Waals surface area contributed by atoms with Crippen LogP contribution in [-0.2, 0) is 0 Å². The second kappa shape index (κ2) is 5.22. The Kier molecular flexibility index (Phi) is 3.66. The van der Waals surface area contributed by atoms with Crippen molar-refractivity contribution in [1.82, 2.24) is 9.97 Å². The van der Waals surface area contributed by atoms with Crippen molar-refractivity contribution in [2.75, 3.05) is 5.32 Å². The van der Waals surface area contributed by atoms with Gasteiger partial charge in [0.1, 0.15) is 17.3 Å². The third-order valence-electron chi connectivity index (χ3n) is 2.24. The molecule has 18 heavy (non-hydrogen) atoms. The Labute approximate surface area is 111 Å². The molecule has 0 aliphatic rings. The Balaban J connectivity index is 2.18. The van der Waals surface area contributed by atoms with Crippen molar-refractivity contribution >= 4 is 27.7 Å². The minimum atomic E-state index is -0.482. The maximum absolute atomic E-state index is 12.7. The molecule has 0 radical (unpaired) electrons. The highest BCUT2D eigenvalue weighted by molar-refractivity contribution is 9.10. The number of anilines is 1. The van der Waals surface area contributed by atoms with Gasteiger partial charge in [-0.05, 0) is 46.6 Å². The molecule has 0 aliphatic heterocycles. The van der Waals surface area contributed by atoms with Crippen LogP contribution in [0.3, 0.4) is 0 Å². The number of aromatic nitrogens is 2. The van der Waals surface area contributed by atoms with E-state index >= 15 is 0 Å². The third-order valence-corrected chi connectivity index (χ3v) is 2.67. The molecule has 92 valence electrons. The summed E-state index contributed by atoms with van der Waals surface area (Å²) in [5.74, 6) is -0.452. The molecule has 6 heteroatoms. The van der Waals surface area contributed by atoms with Crippen LogP contribution in [0.1, 0.15) is 16.1 Å². The first-order chi connectivity index (χ1) is 8.56. The molecule has 0 unspecified atom stereocenters. The number of nitrogens with zero attached hydrogens (tertiary/aromatic N) is 2. The lowest BCUT2D eigenvalue weighted by Gasteiger charge is -2.06. The predicted molar refractivity (Wildman–Crippen MR) is 68.8 cm³/mol. The average Bonchev–Trinajstić information content (AvgIpc) is 2.33. The second-order valence-electron chi connectivity index (χ2n) is 3.63. The molecule has 0 aromatic carbocycles. The molecule has 0 bridgehead atoms. The lowest BCUT2D eigenvalue weighted by atomic mass is 10.2. The van der Waals surface area contributed by atoms with Crippen LogP contribution in [0.25, 0.3) is 0 Å². The van der Waals surface area contributed by atoms with Crippen LogP contribution in [0.5, 0.6) is 0 Å². The van der Waals surface area contributed by atoms with Crippen LogP contribution >= 0.6 is 15.9 Å². The number of carbonyl (C=O) groups is 1. The molecule has 0 spiro atoms. The van der Waals surface area contributed by atoms with E-state index in [1.165, 1.54) is 12.1 Å². The van der Waals surface area contributed by atoms with E-state index in [1.807, 2.05) is 13.0 Å². The molecule has 4 nitrogen and oxygen atoms in total. The van der Waals surface area contributed by atoms with Gasteiger partial charge in [-0.2, -0.15) is 0 Å². The first-order valence-electron chi connectivity index (χ1n) is 5.11. The fourth-order valence-electron chi connectivity index (χ4n) is 1.35. The number of amides is 1. The average molecular weight is 310 g/mol. The molecule has 2 rings (SSSR count). The molecule has 2 aromatic rings. The highest BCUT2D eigenvalue weighted by atomic mass is 79.9. The number of hydrogen-bond donors (Lipinski definition) is 1. The zero-order chi connectivity index (χ0) is 13.1. The Morgan fingerprint density at radius 3 is 2.72 bits per heavy atom. The van der Waals surface area contributed by atoms with Crippen molar-refractivity contribution in [2.45, 2.75) is 6.92 Å². The largest absolute Gasteiger partial charge is 0.305 e. The first kappa shape index (κ1) is 12.6. The van der Waals surface area contributed by atoms with E-state index in [1.54, 1.807) is 6.20 Å². The molecule has 0 atom stereocenters. The van der Waals surface area contributed by atoms with Gasteiger partial charge in [-0.3, -0.25) is 4.79 Å². The number of carbonyl (C=O) groups excluding carboxylic acids is 1. The van der Waals surface area contributed by atoms with Gasteiger partial charge in [0.15, 0.2) is 0 Å². The van der Waals surface area contributed by atoms with Gasteiger partial charge in [0, 0.05) is 10.7 Å². The van der Waals surface area contributed by atoms with Gasteiger partial charge in [-0.15, -0.1) is 0 Å². The van der Waals surface area contributed by atoms with Gasteiger partial charge in [0.05, 0.1) is 6.20 Å². The zero-order valence-corrected chi connectivity index (χ0v) is 11.0. The fraction of sp³-hybridized carbons (Fsp3) is 0.0833. The highest BCUT2D eigenvalue weighted by Crippen LogP contribution is 2.17. The normalized spacial score (nSPS) is 10.2. The van der Waals surface area contributed by atoms with Crippen molar-refractivity contribution in [1.29, 1.82) is 0 Å². The summed E-state index contributed by atoms with van der Waals surface area (Å²) in [6, 6.07) is 4.34. The summed E-state index contributed by atoms with van der Waals surface area (Å²) in [6.45, 7) is 1.82. The zero-order valence-electron chi connectivity index (χ0n) is 9.45. The van der Waals surface area contributed by atoms with Crippen molar-refractivity contribution in [3.63, 3.8) is 0 Å². The summed E-state index contributed by atoms with van der Waals surface area (Å²) in [6.07, 6.45) is 2.58. The molecule has 0 saturated heterocycles. The van der Waals surface area contributed by atoms with Crippen LogP contribution in [0.15, 0.2) is 35.1 Å². The van der Waals surface area contributed by atoms with E-state index in [2.05, 4.69) is 31.2 Å². The summed E-state index contributed by atoms with van der Waals surface area (Å²) in [4.78, 5) is 19.6. The van der Waals surface area contributed by atoms with Crippen molar-refractivity contribution < 1.29 is 9.18 Å². The number of aryl methyl sites for hydroxylation is 1. The van der Waals surface area contributed by atoms with E-state index < -0.39 is 11.7 Å². The Morgan fingerprint density at radius 1 is 1.33 bits per heavy atom. The van der Waals surface area contributed by atoms with Gasteiger partial charge >= 0.3 is 0 Å². The van der Waals surface area contributed by atoms with Gasteiger partial charge in [0.2, 0.25) is 0 Å². The molecule has 0 fully saturated rings. The lowest BCUT2D eigenvalue weighted by molar-refractivity contribution is 0.102. The van der Waals surface area contributed by atoms with Crippen LogP contribution in [-0.4, -0.2) is 15.9 Å². The van der Waals surface area contributed by atoms with Crippen molar-refractivity contribution in [3.8, 4) is 0 Å². The first-order valence-corrected chi connectivity index (χ1v) is 5.90. The molecule has 0 aliphatic carbocycles. The van der Waals surface area contributed by atoms with Crippen LogP contribution in [0.4, 0.5) is 10.2 Å². The Bertz CT molecular complexity index is 586. The quantitative estimate of drug-likeness (QED) is 0.928. The van der Waals surface area contributed by atoms with Gasteiger partial charge < -0.3 is 5.32 Å². The van der Waals surface area contributed by atoms with Crippen LogP contribution in [0, 0.1) is 12.7 Å². The maximum Gasteiger partial charge on any atom is 0.275 e. The number of hydrogen-bond acceptors (Lipinski definition) is 3. The molecular weight excluding hydrogens is 301 g/mol. The monoisotopic (exact) mass is 309 g/mol. The summed E-state index contributed by atoms with van der Waals surface area (Å²) in [5, 5.41) is 2.62.